The molecule has 0 atom stereocenters. The summed E-state index contributed by atoms with van der Waals surface area (Å²) in [5, 5.41) is 0. The zero-order valence-electron chi connectivity index (χ0n) is 10.4. The van der Waals surface area contributed by atoms with Crippen LogP contribution in [0.25, 0.3) is 0 Å². The maximum absolute atomic E-state index is 5.69. The van der Waals surface area contributed by atoms with E-state index in [2.05, 4.69) is 35.9 Å². The number of hydrogen-bond acceptors (Lipinski definition) is 2. The summed E-state index contributed by atoms with van der Waals surface area (Å²) in [6.45, 7) is 8.37. The Hall–Kier alpha value is -1.51. The fraction of sp³-hybridized carbons (Fsp3) is 0.462. The standard InChI is InChI=1S/C13H21N3/c1-4-13(14)15-11-7-9-12(10-8-11)16(5-2)6-3/h7-10H,4-6H2,1-3H3,(H2,14,15). The lowest BCUT2D eigenvalue weighted by atomic mass is 10.2. The van der Waals surface area contributed by atoms with Crippen LogP contribution < -0.4 is 10.6 Å². The first-order valence-electron chi connectivity index (χ1n) is 5.89. The van der Waals surface area contributed by atoms with E-state index in [9.17, 15) is 0 Å². The topological polar surface area (TPSA) is 41.6 Å². The summed E-state index contributed by atoms with van der Waals surface area (Å²) < 4.78 is 0. The van der Waals surface area contributed by atoms with E-state index in [1.807, 2.05) is 19.1 Å². The molecule has 0 saturated carbocycles. The van der Waals surface area contributed by atoms with E-state index < -0.39 is 0 Å². The molecule has 0 fully saturated rings. The summed E-state index contributed by atoms with van der Waals surface area (Å²) in [4.78, 5) is 6.61. The molecule has 0 unspecified atom stereocenters. The van der Waals surface area contributed by atoms with Gasteiger partial charge in [-0.1, -0.05) is 6.92 Å². The van der Waals surface area contributed by atoms with Gasteiger partial charge >= 0.3 is 0 Å². The van der Waals surface area contributed by atoms with Crippen molar-refractivity contribution in [3.63, 3.8) is 0 Å². The van der Waals surface area contributed by atoms with Crippen molar-refractivity contribution in [3.05, 3.63) is 24.3 Å². The van der Waals surface area contributed by atoms with Gasteiger partial charge in [0, 0.05) is 25.2 Å². The Bertz CT molecular complexity index is 337. The second-order valence-electron chi connectivity index (χ2n) is 3.65. The van der Waals surface area contributed by atoms with Crippen molar-refractivity contribution in [2.45, 2.75) is 27.2 Å². The normalized spacial score (nSPS) is 11.6. The molecule has 0 spiro atoms. The Labute approximate surface area is 98.0 Å². The average Bonchev–Trinajstić information content (AvgIpc) is 2.32. The zero-order valence-corrected chi connectivity index (χ0v) is 10.4. The van der Waals surface area contributed by atoms with Crippen molar-refractivity contribution < 1.29 is 0 Å². The lowest BCUT2D eigenvalue weighted by Crippen LogP contribution is -2.21. The van der Waals surface area contributed by atoms with E-state index in [1.54, 1.807) is 0 Å². The van der Waals surface area contributed by atoms with Gasteiger partial charge in [0.25, 0.3) is 0 Å². The van der Waals surface area contributed by atoms with Gasteiger partial charge in [-0.15, -0.1) is 0 Å². The number of hydrogen-bond donors (Lipinski definition) is 1. The Morgan fingerprint density at radius 2 is 1.69 bits per heavy atom. The molecule has 0 aromatic heterocycles. The molecule has 0 aliphatic heterocycles. The van der Waals surface area contributed by atoms with E-state index in [-0.39, 0.29) is 0 Å². The van der Waals surface area contributed by atoms with Gasteiger partial charge in [0.05, 0.1) is 11.5 Å². The highest BCUT2D eigenvalue weighted by atomic mass is 15.1. The monoisotopic (exact) mass is 219 g/mol. The summed E-state index contributed by atoms with van der Waals surface area (Å²) in [6.07, 6.45) is 0.789. The van der Waals surface area contributed by atoms with E-state index in [1.165, 1.54) is 5.69 Å². The van der Waals surface area contributed by atoms with E-state index in [0.29, 0.717) is 5.84 Å². The number of nitrogens with two attached hydrogens (primary N) is 1. The van der Waals surface area contributed by atoms with Crippen LogP contribution in [0.15, 0.2) is 29.3 Å². The van der Waals surface area contributed by atoms with E-state index in [0.717, 1.165) is 25.2 Å². The molecule has 0 saturated heterocycles. The Morgan fingerprint density at radius 1 is 1.12 bits per heavy atom. The minimum absolute atomic E-state index is 0.676. The smallest absolute Gasteiger partial charge is 0.0993 e. The molecule has 1 aromatic carbocycles. The van der Waals surface area contributed by atoms with Gasteiger partial charge < -0.3 is 10.6 Å². The number of amidine groups is 1. The second-order valence-corrected chi connectivity index (χ2v) is 3.65. The van der Waals surface area contributed by atoms with Gasteiger partial charge in [-0.3, -0.25) is 0 Å². The average molecular weight is 219 g/mol. The van der Waals surface area contributed by atoms with Crippen LogP contribution in [0.5, 0.6) is 0 Å². The highest BCUT2D eigenvalue weighted by Gasteiger charge is 2.00. The first-order chi connectivity index (χ1) is 7.71. The first-order valence-corrected chi connectivity index (χ1v) is 5.89. The minimum Gasteiger partial charge on any atom is -0.387 e. The largest absolute Gasteiger partial charge is 0.387 e. The molecule has 3 nitrogen and oxygen atoms in total. The lowest BCUT2D eigenvalue weighted by molar-refractivity contribution is 0.866. The van der Waals surface area contributed by atoms with Crippen LogP contribution in [0, 0.1) is 0 Å². The molecule has 0 bridgehead atoms. The molecule has 16 heavy (non-hydrogen) atoms. The molecule has 2 N–H and O–H groups in total. The number of benzene rings is 1. The van der Waals surface area contributed by atoms with Gasteiger partial charge in [-0.25, -0.2) is 4.99 Å². The van der Waals surface area contributed by atoms with Crippen LogP contribution in [-0.4, -0.2) is 18.9 Å². The molecular weight excluding hydrogens is 198 g/mol. The van der Waals surface area contributed by atoms with Crippen molar-refractivity contribution in [1.82, 2.24) is 0 Å². The minimum atomic E-state index is 0.676. The Morgan fingerprint density at radius 3 is 2.12 bits per heavy atom. The van der Waals surface area contributed by atoms with Crippen molar-refractivity contribution in [2.24, 2.45) is 10.7 Å². The Kier molecular flexibility index (Phi) is 4.83. The lowest BCUT2D eigenvalue weighted by Gasteiger charge is -2.20. The van der Waals surface area contributed by atoms with Crippen LogP contribution in [0.1, 0.15) is 27.2 Å². The molecule has 0 aliphatic carbocycles. The highest BCUT2D eigenvalue weighted by molar-refractivity contribution is 5.82. The SMILES string of the molecule is CCC(N)=Nc1ccc(N(CC)CC)cc1. The van der Waals surface area contributed by atoms with Gasteiger partial charge in [-0.05, 0) is 38.1 Å². The van der Waals surface area contributed by atoms with Gasteiger partial charge in [0.1, 0.15) is 0 Å². The fourth-order valence-corrected chi connectivity index (χ4v) is 1.57. The molecular formula is C13H21N3. The third-order valence-electron chi connectivity index (χ3n) is 2.61. The summed E-state index contributed by atoms with van der Waals surface area (Å²) in [5.41, 5.74) is 7.86. The zero-order chi connectivity index (χ0) is 12.0. The number of rotatable bonds is 5. The van der Waals surface area contributed by atoms with Gasteiger partial charge in [0.15, 0.2) is 0 Å². The summed E-state index contributed by atoms with van der Waals surface area (Å²) in [6, 6.07) is 8.20. The van der Waals surface area contributed by atoms with Crippen LogP contribution in [0.3, 0.4) is 0 Å². The summed E-state index contributed by atoms with van der Waals surface area (Å²) in [7, 11) is 0. The van der Waals surface area contributed by atoms with Crippen LogP contribution in [0.2, 0.25) is 0 Å². The first kappa shape index (κ1) is 12.6. The molecule has 1 aromatic rings. The predicted octanol–water partition coefficient (Wildman–Crippen LogP) is 2.93. The van der Waals surface area contributed by atoms with Gasteiger partial charge in [-0.2, -0.15) is 0 Å². The number of aliphatic imine (C=N–C) groups is 1. The van der Waals surface area contributed by atoms with Crippen molar-refractivity contribution >= 4 is 17.2 Å². The molecule has 0 aliphatic rings. The number of anilines is 1. The molecule has 0 heterocycles. The van der Waals surface area contributed by atoms with Crippen molar-refractivity contribution in [2.75, 3.05) is 18.0 Å². The molecule has 88 valence electrons. The second kappa shape index (κ2) is 6.16. The maximum Gasteiger partial charge on any atom is 0.0993 e. The molecule has 0 amide bonds. The third-order valence-corrected chi connectivity index (χ3v) is 2.61. The summed E-state index contributed by atoms with van der Waals surface area (Å²) in [5.74, 6) is 0.676. The maximum atomic E-state index is 5.69. The highest BCUT2D eigenvalue weighted by Crippen LogP contribution is 2.19. The quantitative estimate of drug-likeness (QED) is 0.611. The van der Waals surface area contributed by atoms with E-state index in [4.69, 9.17) is 5.73 Å². The predicted molar refractivity (Wildman–Crippen MR) is 71.6 cm³/mol. The molecule has 3 heteroatoms. The Balaban J connectivity index is 2.82. The van der Waals surface area contributed by atoms with E-state index >= 15 is 0 Å². The third kappa shape index (κ3) is 3.26. The molecule has 1 rings (SSSR count). The summed E-state index contributed by atoms with van der Waals surface area (Å²) >= 11 is 0. The van der Waals surface area contributed by atoms with Crippen molar-refractivity contribution in [3.8, 4) is 0 Å². The van der Waals surface area contributed by atoms with Gasteiger partial charge in [0.2, 0.25) is 0 Å². The van der Waals surface area contributed by atoms with Crippen LogP contribution >= 0.6 is 0 Å². The molecule has 0 radical (unpaired) electrons. The van der Waals surface area contributed by atoms with Crippen molar-refractivity contribution in [1.29, 1.82) is 0 Å². The van der Waals surface area contributed by atoms with Crippen LogP contribution in [0.4, 0.5) is 11.4 Å². The van der Waals surface area contributed by atoms with Crippen LogP contribution in [-0.2, 0) is 0 Å². The fourth-order valence-electron chi connectivity index (χ4n) is 1.57. The number of nitrogens with zero attached hydrogens (tertiary/aromatic N) is 2.